The molecule has 1 atom stereocenters. The molecule has 0 aliphatic heterocycles. The summed E-state index contributed by atoms with van der Waals surface area (Å²) in [7, 11) is 0. The maximum atomic E-state index is 10.5. The fourth-order valence-corrected chi connectivity index (χ4v) is 3.53. The molecular formula is C26H32O3. The monoisotopic (exact) mass is 392 g/mol. The second-order valence-electron chi connectivity index (χ2n) is 8.27. The number of rotatable bonds is 7. The van der Waals surface area contributed by atoms with Crippen molar-refractivity contribution in [3.8, 4) is 11.5 Å². The fraction of sp³-hybridized carbons (Fsp3) is 0.346. The van der Waals surface area contributed by atoms with E-state index in [1.807, 2.05) is 25.2 Å². The van der Waals surface area contributed by atoms with Crippen LogP contribution in [0.3, 0.4) is 0 Å². The van der Waals surface area contributed by atoms with Crippen molar-refractivity contribution < 1.29 is 14.6 Å². The lowest BCUT2D eigenvalue weighted by Crippen LogP contribution is -2.30. The summed E-state index contributed by atoms with van der Waals surface area (Å²) < 4.78 is 6.20. The van der Waals surface area contributed by atoms with Crippen molar-refractivity contribution in [1.82, 2.24) is 0 Å². The highest BCUT2D eigenvalue weighted by molar-refractivity contribution is 5.66. The minimum Gasteiger partial charge on any atom is -0.508 e. The quantitative estimate of drug-likeness (QED) is 0.328. The molecule has 3 heteroatoms. The van der Waals surface area contributed by atoms with Crippen LogP contribution in [0, 0.1) is 5.41 Å². The molecule has 0 bridgehead atoms. The van der Waals surface area contributed by atoms with Crippen molar-refractivity contribution in [2.45, 2.75) is 53.6 Å². The topological polar surface area (TPSA) is 46.5 Å². The largest absolute Gasteiger partial charge is 0.508 e. The third-order valence-electron chi connectivity index (χ3n) is 5.35. The first-order valence-corrected chi connectivity index (χ1v) is 10.0. The number of aldehydes is 1. The van der Waals surface area contributed by atoms with Crippen LogP contribution in [0.5, 0.6) is 11.5 Å². The second-order valence-corrected chi connectivity index (χ2v) is 8.27. The number of hydrogen-bond donors (Lipinski definition) is 1. The van der Waals surface area contributed by atoms with Crippen molar-refractivity contribution in [3.05, 3.63) is 83.0 Å². The van der Waals surface area contributed by atoms with Crippen molar-refractivity contribution in [1.29, 1.82) is 0 Å². The predicted octanol–water partition coefficient (Wildman–Crippen LogP) is 6.48. The number of aromatic hydroxyl groups is 1. The van der Waals surface area contributed by atoms with Crippen LogP contribution in [-0.2, 0) is 4.79 Å². The molecule has 1 aromatic rings. The molecule has 1 N–H and O–H groups in total. The number of allylic oxidation sites excluding steroid dienone is 9. The van der Waals surface area contributed by atoms with Crippen molar-refractivity contribution in [3.63, 3.8) is 0 Å². The van der Waals surface area contributed by atoms with Gasteiger partial charge in [-0.05, 0) is 86.1 Å². The molecule has 0 aromatic heterocycles. The van der Waals surface area contributed by atoms with Crippen molar-refractivity contribution in [2.75, 3.05) is 0 Å². The van der Waals surface area contributed by atoms with Gasteiger partial charge < -0.3 is 9.84 Å². The van der Waals surface area contributed by atoms with Gasteiger partial charge in [0.25, 0.3) is 0 Å². The lowest BCUT2D eigenvalue weighted by atomic mass is 9.71. The molecule has 29 heavy (non-hydrogen) atoms. The van der Waals surface area contributed by atoms with Gasteiger partial charge in [0.15, 0.2) is 0 Å². The number of benzene rings is 1. The molecule has 0 spiro atoms. The summed E-state index contributed by atoms with van der Waals surface area (Å²) in [4.78, 5) is 10.5. The van der Waals surface area contributed by atoms with Crippen LogP contribution in [0.25, 0.3) is 0 Å². The van der Waals surface area contributed by atoms with Gasteiger partial charge in [0.2, 0.25) is 0 Å². The first-order chi connectivity index (χ1) is 13.7. The minimum absolute atomic E-state index is 0.0347. The van der Waals surface area contributed by atoms with E-state index in [4.69, 9.17) is 4.74 Å². The molecule has 1 aliphatic rings. The number of ether oxygens (including phenoxy) is 1. The van der Waals surface area contributed by atoms with Crippen molar-refractivity contribution in [2.24, 2.45) is 5.41 Å². The van der Waals surface area contributed by atoms with Crippen LogP contribution >= 0.6 is 0 Å². The van der Waals surface area contributed by atoms with E-state index in [1.165, 1.54) is 11.1 Å². The molecule has 1 aromatic carbocycles. The molecule has 3 nitrogen and oxygen atoms in total. The molecule has 0 fully saturated rings. The number of phenols is 1. The average molecular weight is 393 g/mol. The van der Waals surface area contributed by atoms with Gasteiger partial charge in [-0.1, -0.05) is 49.8 Å². The summed E-state index contributed by atoms with van der Waals surface area (Å²) in [6.07, 6.45) is 14.6. The highest BCUT2D eigenvalue weighted by atomic mass is 16.5. The molecule has 154 valence electrons. The second kappa shape index (κ2) is 10.1. The van der Waals surface area contributed by atoms with Gasteiger partial charge in [0, 0.05) is 0 Å². The first kappa shape index (κ1) is 22.5. The zero-order valence-corrected chi connectivity index (χ0v) is 18.1. The van der Waals surface area contributed by atoms with Gasteiger partial charge >= 0.3 is 0 Å². The zero-order chi connectivity index (χ0) is 21.4. The lowest BCUT2D eigenvalue weighted by molar-refractivity contribution is -0.104. The predicted molar refractivity (Wildman–Crippen MR) is 120 cm³/mol. The third-order valence-corrected chi connectivity index (χ3v) is 5.35. The van der Waals surface area contributed by atoms with Crippen LogP contribution in [-0.4, -0.2) is 17.5 Å². The minimum atomic E-state index is 0.0347. The number of phenolic OH excluding ortho intramolecular Hbond substituents is 1. The normalized spacial score (nSPS) is 20.5. The van der Waals surface area contributed by atoms with Gasteiger partial charge in [-0.2, -0.15) is 0 Å². The molecule has 0 saturated carbocycles. The van der Waals surface area contributed by atoms with Crippen molar-refractivity contribution >= 4 is 6.29 Å². The SMILES string of the molecule is CC1=C(/C=C/C(C)=C/C=C/C(C)=C/C=O)C(C)(C)CCC1Oc1ccc(O)cc1. The zero-order valence-electron chi connectivity index (χ0n) is 18.1. The van der Waals surface area contributed by atoms with Gasteiger partial charge in [-0.25, -0.2) is 0 Å². The lowest BCUT2D eigenvalue weighted by Gasteiger charge is -2.37. The summed E-state index contributed by atoms with van der Waals surface area (Å²) in [6.45, 7) is 10.7. The summed E-state index contributed by atoms with van der Waals surface area (Å²) in [5.41, 5.74) is 4.71. The summed E-state index contributed by atoms with van der Waals surface area (Å²) in [6, 6.07) is 6.90. The third kappa shape index (κ3) is 6.63. The van der Waals surface area contributed by atoms with Crippen LogP contribution in [0.1, 0.15) is 47.5 Å². The Hall–Kier alpha value is -2.81. The van der Waals surface area contributed by atoms with E-state index in [0.717, 1.165) is 36.0 Å². The maximum Gasteiger partial charge on any atom is 0.143 e. The molecule has 1 unspecified atom stereocenters. The highest BCUT2D eigenvalue weighted by Crippen LogP contribution is 2.42. The molecule has 0 radical (unpaired) electrons. The fourth-order valence-electron chi connectivity index (χ4n) is 3.53. The smallest absolute Gasteiger partial charge is 0.143 e. The van der Waals surface area contributed by atoms with E-state index in [9.17, 15) is 9.90 Å². The highest BCUT2D eigenvalue weighted by Gasteiger charge is 2.32. The van der Waals surface area contributed by atoms with E-state index in [2.05, 4.69) is 39.8 Å². The molecule has 0 saturated heterocycles. The van der Waals surface area contributed by atoms with Crippen LogP contribution in [0.2, 0.25) is 0 Å². The molecule has 0 amide bonds. The standard InChI is InChI=1S/C26H32O3/c1-19(7-6-8-20(2)16-18-27)9-14-24-21(3)25(15-17-26(24,4)5)29-23-12-10-22(28)11-13-23/h6-14,16,18,25,28H,15,17H2,1-5H3/b8-6+,14-9+,19-7+,20-16+. The molecular weight excluding hydrogens is 360 g/mol. The molecule has 1 aliphatic carbocycles. The number of hydrogen-bond acceptors (Lipinski definition) is 3. The van der Waals surface area contributed by atoms with E-state index >= 15 is 0 Å². The molecule has 2 rings (SSSR count). The van der Waals surface area contributed by atoms with Gasteiger partial charge in [0.1, 0.15) is 23.9 Å². The summed E-state index contributed by atoms with van der Waals surface area (Å²) in [5, 5.41) is 9.46. The first-order valence-electron chi connectivity index (χ1n) is 10.0. The van der Waals surface area contributed by atoms with Crippen LogP contribution < -0.4 is 4.74 Å². The Balaban J connectivity index is 2.19. The Bertz CT molecular complexity index is 862. The Morgan fingerprint density at radius 2 is 1.76 bits per heavy atom. The van der Waals surface area contributed by atoms with Gasteiger partial charge in [0.05, 0.1) is 0 Å². The Labute approximate surface area is 174 Å². The Morgan fingerprint density at radius 3 is 2.41 bits per heavy atom. The average Bonchev–Trinajstić information content (AvgIpc) is 2.65. The van der Waals surface area contributed by atoms with Gasteiger partial charge in [-0.15, -0.1) is 0 Å². The van der Waals surface area contributed by atoms with Crippen LogP contribution in [0.4, 0.5) is 0 Å². The number of carbonyl (C=O) groups excluding carboxylic acids is 1. The van der Waals surface area contributed by atoms with E-state index in [1.54, 1.807) is 30.3 Å². The Morgan fingerprint density at radius 1 is 1.10 bits per heavy atom. The number of carbonyl (C=O) groups is 1. The Kier molecular flexibility index (Phi) is 7.83. The van der Waals surface area contributed by atoms with E-state index in [-0.39, 0.29) is 17.3 Å². The van der Waals surface area contributed by atoms with Crippen LogP contribution in [0.15, 0.2) is 83.0 Å². The molecule has 0 heterocycles. The summed E-state index contributed by atoms with van der Waals surface area (Å²) >= 11 is 0. The maximum absolute atomic E-state index is 10.5. The summed E-state index contributed by atoms with van der Waals surface area (Å²) in [5.74, 6) is 1.02. The van der Waals surface area contributed by atoms with E-state index < -0.39 is 0 Å². The van der Waals surface area contributed by atoms with E-state index in [0.29, 0.717) is 0 Å². The van der Waals surface area contributed by atoms with Gasteiger partial charge in [-0.3, -0.25) is 4.79 Å².